The third-order valence-corrected chi connectivity index (χ3v) is 3.39. The van der Waals surface area contributed by atoms with Crippen LogP contribution in [0.2, 0.25) is 0 Å². The van der Waals surface area contributed by atoms with Crippen molar-refractivity contribution in [1.82, 2.24) is 9.55 Å². The highest BCUT2D eigenvalue weighted by atomic mass is 32.2. The number of benzene rings is 1. The van der Waals surface area contributed by atoms with E-state index in [2.05, 4.69) is 4.98 Å². The molecule has 5 nitrogen and oxygen atoms in total. The summed E-state index contributed by atoms with van der Waals surface area (Å²) < 4.78 is 1.80. The van der Waals surface area contributed by atoms with E-state index in [4.69, 9.17) is 5.11 Å². The van der Waals surface area contributed by atoms with E-state index in [0.29, 0.717) is 12.2 Å². The Balaban J connectivity index is 2.27. The van der Waals surface area contributed by atoms with Gasteiger partial charge in [0.05, 0.1) is 18.3 Å². The largest absolute Gasteiger partial charge is 0.478 e. The lowest BCUT2D eigenvalue weighted by atomic mass is 10.1. The molecule has 0 unspecified atom stereocenters. The molecule has 1 aromatic heterocycles. The number of aromatic carboxylic acids is 1. The smallest absolute Gasteiger partial charge is 0.335 e. The van der Waals surface area contributed by atoms with Gasteiger partial charge in [0.25, 0.3) is 0 Å². The number of aromatic nitrogens is 2. The number of carbonyl (C=O) groups excluding carboxylic acids is 1. The maximum atomic E-state index is 10.9. The summed E-state index contributed by atoms with van der Waals surface area (Å²) in [7, 11) is 0. The van der Waals surface area contributed by atoms with Gasteiger partial charge in [0.2, 0.25) is 0 Å². The molecule has 0 atom stereocenters. The lowest BCUT2D eigenvalue weighted by Crippen LogP contribution is -2.05. The number of nitrogens with zero attached hydrogens (tertiary/aromatic N) is 2. The van der Waals surface area contributed by atoms with E-state index in [0.717, 1.165) is 17.0 Å². The van der Waals surface area contributed by atoms with Crippen molar-refractivity contribution in [2.75, 3.05) is 6.26 Å². The van der Waals surface area contributed by atoms with Crippen LogP contribution in [-0.2, 0) is 6.54 Å². The van der Waals surface area contributed by atoms with Crippen molar-refractivity contribution in [2.24, 2.45) is 0 Å². The van der Waals surface area contributed by atoms with Crippen molar-refractivity contribution in [2.45, 2.75) is 11.7 Å². The monoisotopic (exact) mass is 276 g/mol. The molecule has 0 bridgehead atoms. The Bertz CT molecular complexity index is 605. The molecule has 2 aromatic rings. The molecular weight excluding hydrogens is 264 g/mol. The van der Waals surface area contributed by atoms with Gasteiger partial charge in [-0.3, -0.25) is 4.79 Å². The number of carboxylic acids is 1. The summed E-state index contributed by atoms with van der Waals surface area (Å²) in [6, 6.07) is 6.58. The number of carboxylic acid groups (broad SMARTS) is 1. The molecule has 0 aliphatic heterocycles. The van der Waals surface area contributed by atoms with Gasteiger partial charge in [-0.2, -0.15) is 0 Å². The van der Waals surface area contributed by atoms with Gasteiger partial charge in [-0.15, -0.1) is 0 Å². The van der Waals surface area contributed by atoms with Crippen LogP contribution in [0.15, 0.2) is 35.6 Å². The van der Waals surface area contributed by atoms with Gasteiger partial charge in [0.15, 0.2) is 11.4 Å². The quantitative estimate of drug-likeness (QED) is 0.669. The molecule has 0 amide bonds. The van der Waals surface area contributed by atoms with Crippen molar-refractivity contribution in [3.63, 3.8) is 0 Å². The van der Waals surface area contributed by atoms with E-state index < -0.39 is 5.97 Å². The van der Waals surface area contributed by atoms with E-state index in [1.807, 2.05) is 6.26 Å². The van der Waals surface area contributed by atoms with Gasteiger partial charge < -0.3 is 9.67 Å². The van der Waals surface area contributed by atoms with E-state index in [9.17, 15) is 9.59 Å². The molecule has 0 fully saturated rings. The summed E-state index contributed by atoms with van der Waals surface area (Å²) in [4.78, 5) is 25.9. The van der Waals surface area contributed by atoms with Crippen LogP contribution in [0.25, 0.3) is 0 Å². The van der Waals surface area contributed by atoms with Gasteiger partial charge in [-0.1, -0.05) is 23.9 Å². The van der Waals surface area contributed by atoms with E-state index in [1.54, 1.807) is 28.8 Å². The second kappa shape index (κ2) is 5.71. The molecule has 1 N–H and O–H groups in total. The molecule has 6 heteroatoms. The van der Waals surface area contributed by atoms with Crippen LogP contribution in [-0.4, -0.2) is 33.2 Å². The van der Waals surface area contributed by atoms with Gasteiger partial charge in [-0.05, 0) is 24.0 Å². The number of carbonyl (C=O) groups is 2. The average Bonchev–Trinajstić information content (AvgIpc) is 2.81. The first-order valence-electron chi connectivity index (χ1n) is 5.52. The van der Waals surface area contributed by atoms with Crippen LogP contribution in [0, 0.1) is 0 Å². The third-order valence-electron chi connectivity index (χ3n) is 2.69. The molecule has 0 saturated carbocycles. The van der Waals surface area contributed by atoms with Crippen molar-refractivity contribution in [3.8, 4) is 0 Å². The van der Waals surface area contributed by atoms with Crippen LogP contribution in [0.4, 0.5) is 0 Å². The Kier molecular flexibility index (Phi) is 4.01. The maximum Gasteiger partial charge on any atom is 0.335 e. The number of hydrogen-bond donors (Lipinski definition) is 1. The minimum absolute atomic E-state index is 0.245. The van der Waals surface area contributed by atoms with Crippen LogP contribution in [0.1, 0.15) is 26.4 Å². The van der Waals surface area contributed by atoms with Crippen molar-refractivity contribution < 1.29 is 14.7 Å². The molecule has 2 rings (SSSR count). The Labute approximate surface area is 114 Å². The third kappa shape index (κ3) is 2.85. The minimum Gasteiger partial charge on any atom is -0.478 e. The van der Waals surface area contributed by atoms with E-state index in [-0.39, 0.29) is 5.56 Å². The van der Waals surface area contributed by atoms with Gasteiger partial charge >= 0.3 is 5.97 Å². The van der Waals surface area contributed by atoms with Crippen molar-refractivity contribution in [1.29, 1.82) is 0 Å². The standard InChI is InChI=1S/C13H12N2O3S/c1-19-13-14-6-11(8-16)15(13)7-9-2-4-10(5-3-9)12(17)18/h2-6,8H,7H2,1H3,(H,17,18). The molecule has 98 valence electrons. The molecule has 1 aromatic carbocycles. The number of aldehydes is 1. The Hall–Kier alpha value is -2.08. The Morgan fingerprint density at radius 1 is 1.42 bits per heavy atom. The highest BCUT2D eigenvalue weighted by Crippen LogP contribution is 2.17. The van der Waals surface area contributed by atoms with E-state index in [1.165, 1.54) is 18.0 Å². The van der Waals surface area contributed by atoms with Crippen LogP contribution >= 0.6 is 11.8 Å². The van der Waals surface area contributed by atoms with Gasteiger partial charge in [0, 0.05) is 0 Å². The average molecular weight is 276 g/mol. The van der Waals surface area contributed by atoms with Crippen molar-refractivity contribution >= 4 is 24.0 Å². The number of hydrogen-bond acceptors (Lipinski definition) is 4. The zero-order valence-electron chi connectivity index (χ0n) is 10.2. The van der Waals surface area contributed by atoms with Crippen molar-refractivity contribution in [3.05, 3.63) is 47.3 Å². The van der Waals surface area contributed by atoms with E-state index >= 15 is 0 Å². The predicted molar refractivity (Wildman–Crippen MR) is 71.9 cm³/mol. The zero-order valence-corrected chi connectivity index (χ0v) is 11.1. The summed E-state index contributed by atoms with van der Waals surface area (Å²) in [5.41, 5.74) is 1.67. The predicted octanol–water partition coefficient (Wildman–Crippen LogP) is 2.16. The van der Waals surface area contributed by atoms with Crippen LogP contribution in [0.5, 0.6) is 0 Å². The Morgan fingerprint density at radius 3 is 2.63 bits per heavy atom. The summed E-state index contributed by atoms with van der Waals surface area (Å²) in [5.74, 6) is -0.951. The lowest BCUT2D eigenvalue weighted by Gasteiger charge is -2.08. The second-order valence-corrected chi connectivity index (χ2v) is 4.65. The van der Waals surface area contributed by atoms with Crippen LogP contribution < -0.4 is 0 Å². The molecule has 0 aliphatic rings. The number of imidazole rings is 1. The molecule has 19 heavy (non-hydrogen) atoms. The summed E-state index contributed by atoms with van der Waals surface area (Å²) in [5, 5.41) is 9.59. The summed E-state index contributed by atoms with van der Waals surface area (Å²) in [6.45, 7) is 0.490. The first-order valence-corrected chi connectivity index (χ1v) is 6.75. The van der Waals surface area contributed by atoms with Gasteiger partial charge in [-0.25, -0.2) is 9.78 Å². The number of rotatable bonds is 5. The topological polar surface area (TPSA) is 72.2 Å². The molecule has 0 aliphatic carbocycles. The SMILES string of the molecule is CSc1ncc(C=O)n1Cc1ccc(C(=O)O)cc1. The summed E-state index contributed by atoms with van der Waals surface area (Å²) >= 11 is 1.46. The second-order valence-electron chi connectivity index (χ2n) is 3.88. The molecule has 0 radical (unpaired) electrons. The molecule has 0 saturated heterocycles. The fourth-order valence-electron chi connectivity index (χ4n) is 1.72. The number of thioether (sulfide) groups is 1. The fourth-order valence-corrected chi connectivity index (χ4v) is 2.27. The lowest BCUT2D eigenvalue weighted by molar-refractivity contribution is 0.0696. The Morgan fingerprint density at radius 2 is 2.11 bits per heavy atom. The normalized spacial score (nSPS) is 10.4. The zero-order chi connectivity index (χ0) is 13.8. The first kappa shape index (κ1) is 13.4. The summed E-state index contributed by atoms with van der Waals surface area (Å²) in [6.07, 6.45) is 4.18. The van der Waals surface area contributed by atoms with Gasteiger partial charge in [0.1, 0.15) is 5.69 Å². The minimum atomic E-state index is -0.951. The highest BCUT2D eigenvalue weighted by molar-refractivity contribution is 7.98. The molecule has 1 heterocycles. The maximum absolute atomic E-state index is 10.9. The van der Waals surface area contributed by atoms with Crippen LogP contribution in [0.3, 0.4) is 0 Å². The highest BCUT2D eigenvalue weighted by Gasteiger charge is 2.09. The molecule has 0 spiro atoms. The first-order chi connectivity index (χ1) is 9.15. The fraction of sp³-hybridized carbons (Fsp3) is 0.154. The molecular formula is C13H12N2O3S.